The zero-order valence-corrected chi connectivity index (χ0v) is 6.55. The fourth-order valence-electron chi connectivity index (χ4n) is 1.31. The van der Waals surface area contributed by atoms with Crippen LogP contribution in [0, 0.1) is 0 Å². The smallest absolute Gasteiger partial charge is 0.219 e. The molecule has 1 N–H and O–H groups in total. The van der Waals surface area contributed by atoms with Gasteiger partial charge in [0.2, 0.25) is 5.91 Å². The summed E-state index contributed by atoms with van der Waals surface area (Å²) in [7, 11) is 0. The Labute approximate surface area is 61.4 Å². The van der Waals surface area contributed by atoms with Crippen LogP contribution in [0.25, 0.3) is 0 Å². The first-order valence-corrected chi connectivity index (χ1v) is 3.69. The second kappa shape index (κ2) is 3.01. The average Bonchev–Trinajstić information content (AvgIpc) is 1.88. The van der Waals surface area contributed by atoms with Crippen molar-refractivity contribution < 1.29 is 4.79 Å². The Kier molecular flexibility index (Phi) is 2.27. The predicted molar refractivity (Wildman–Crippen MR) is 39.7 cm³/mol. The summed E-state index contributed by atoms with van der Waals surface area (Å²) < 4.78 is 0. The number of rotatable bonds is 0. The Morgan fingerprint density at radius 3 is 2.80 bits per heavy atom. The van der Waals surface area contributed by atoms with E-state index in [1.54, 1.807) is 6.92 Å². The third kappa shape index (κ3) is 1.48. The maximum Gasteiger partial charge on any atom is 0.219 e. The van der Waals surface area contributed by atoms with Gasteiger partial charge in [-0.15, -0.1) is 0 Å². The van der Waals surface area contributed by atoms with Crippen molar-refractivity contribution in [1.29, 1.82) is 0 Å². The summed E-state index contributed by atoms with van der Waals surface area (Å²) in [6.07, 6.45) is 0. The molecule has 1 aliphatic heterocycles. The SMILES string of the molecule is CC(=O)N1CCNC[C@H]1C. The van der Waals surface area contributed by atoms with Gasteiger partial charge >= 0.3 is 0 Å². The third-order valence-electron chi connectivity index (χ3n) is 1.91. The highest BCUT2D eigenvalue weighted by Crippen LogP contribution is 2.01. The molecule has 1 rings (SSSR count). The molecule has 0 aromatic rings. The van der Waals surface area contributed by atoms with Gasteiger partial charge in [-0.05, 0) is 6.92 Å². The van der Waals surface area contributed by atoms with E-state index in [1.165, 1.54) is 0 Å². The van der Waals surface area contributed by atoms with E-state index in [0.29, 0.717) is 6.04 Å². The Balaban J connectivity index is 2.47. The number of amides is 1. The van der Waals surface area contributed by atoms with Crippen molar-refractivity contribution in [1.82, 2.24) is 10.2 Å². The van der Waals surface area contributed by atoms with Crippen LogP contribution < -0.4 is 5.32 Å². The zero-order chi connectivity index (χ0) is 7.56. The molecule has 58 valence electrons. The molecule has 3 nitrogen and oxygen atoms in total. The van der Waals surface area contributed by atoms with Crippen molar-refractivity contribution in [3.63, 3.8) is 0 Å². The molecule has 1 heterocycles. The van der Waals surface area contributed by atoms with Gasteiger partial charge in [-0.2, -0.15) is 0 Å². The maximum absolute atomic E-state index is 10.9. The van der Waals surface area contributed by atoms with Gasteiger partial charge in [0.25, 0.3) is 0 Å². The first-order chi connectivity index (χ1) is 4.72. The summed E-state index contributed by atoms with van der Waals surface area (Å²) in [6.45, 7) is 6.41. The van der Waals surface area contributed by atoms with E-state index in [2.05, 4.69) is 12.2 Å². The number of hydrogen-bond donors (Lipinski definition) is 1. The average molecular weight is 142 g/mol. The van der Waals surface area contributed by atoms with Gasteiger partial charge in [-0.25, -0.2) is 0 Å². The highest BCUT2D eigenvalue weighted by Gasteiger charge is 2.18. The summed E-state index contributed by atoms with van der Waals surface area (Å²) in [6, 6.07) is 0.367. The van der Waals surface area contributed by atoms with Crippen molar-refractivity contribution in [2.24, 2.45) is 0 Å². The fraction of sp³-hybridized carbons (Fsp3) is 0.857. The van der Waals surface area contributed by atoms with Gasteiger partial charge in [-0.1, -0.05) is 0 Å². The molecule has 0 aromatic carbocycles. The normalized spacial score (nSPS) is 26.6. The van der Waals surface area contributed by atoms with Gasteiger partial charge in [0.05, 0.1) is 0 Å². The first-order valence-electron chi connectivity index (χ1n) is 3.69. The summed E-state index contributed by atoms with van der Waals surface area (Å²) >= 11 is 0. The summed E-state index contributed by atoms with van der Waals surface area (Å²) in [5.41, 5.74) is 0. The van der Waals surface area contributed by atoms with Crippen LogP contribution in [-0.2, 0) is 4.79 Å². The molecule has 1 atom stereocenters. The summed E-state index contributed by atoms with van der Waals surface area (Å²) in [4.78, 5) is 12.8. The Bertz CT molecular complexity index is 136. The number of carbonyl (C=O) groups excluding carboxylic acids is 1. The summed E-state index contributed by atoms with van der Waals surface area (Å²) in [5, 5.41) is 3.23. The van der Waals surface area contributed by atoms with E-state index in [1.807, 2.05) is 4.90 Å². The van der Waals surface area contributed by atoms with Crippen LogP contribution in [0.2, 0.25) is 0 Å². The largest absolute Gasteiger partial charge is 0.338 e. The number of carbonyl (C=O) groups is 1. The van der Waals surface area contributed by atoms with Crippen LogP contribution in [0.1, 0.15) is 13.8 Å². The van der Waals surface area contributed by atoms with E-state index >= 15 is 0 Å². The fourth-order valence-corrected chi connectivity index (χ4v) is 1.31. The molecule has 1 saturated heterocycles. The number of piperazine rings is 1. The predicted octanol–water partition coefficient (Wildman–Crippen LogP) is -0.173. The van der Waals surface area contributed by atoms with E-state index in [9.17, 15) is 4.79 Å². The van der Waals surface area contributed by atoms with Crippen LogP contribution >= 0.6 is 0 Å². The van der Waals surface area contributed by atoms with Crippen LogP contribution in [0.5, 0.6) is 0 Å². The van der Waals surface area contributed by atoms with Crippen LogP contribution in [-0.4, -0.2) is 36.5 Å². The molecule has 0 aliphatic carbocycles. The van der Waals surface area contributed by atoms with Crippen LogP contribution in [0.15, 0.2) is 0 Å². The molecule has 1 aliphatic rings. The quantitative estimate of drug-likeness (QED) is 0.509. The van der Waals surface area contributed by atoms with Crippen LogP contribution in [0.4, 0.5) is 0 Å². The second-order valence-corrected chi connectivity index (χ2v) is 2.77. The maximum atomic E-state index is 10.9. The van der Waals surface area contributed by atoms with Crippen molar-refractivity contribution in [2.45, 2.75) is 19.9 Å². The first kappa shape index (κ1) is 7.54. The molecule has 0 unspecified atom stereocenters. The van der Waals surface area contributed by atoms with Gasteiger partial charge in [0.15, 0.2) is 0 Å². The minimum Gasteiger partial charge on any atom is -0.338 e. The molecule has 0 radical (unpaired) electrons. The van der Waals surface area contributed by atoms with Crippen molar-refractivity contribution in [2.75, 3.05) is 19.6 Å². The van der Waals surface area contributed by atoms with Crippen molar-refractivity contribution >= 4 is 5.91 Å². The van der Waals surface area contributed by atoms with E-state index in [4.69, 9.17) is 0 Å². The Morgan fingerprint density at radius 1 is 1.70 bits per heavy atom. The standard InChI is InChI=1S/C7H14N2O/c1-6-5-8-3-4-9(6)7(2)10/h6,8H,3-5H2,1-2H3/t6-/m1/s1. The molecule has 0 saturated carbocycles. The van der Waals surface area contributed by atoms with Crippen LogP contribution in [0.3, 0.4) is 0 Å². The Hall–Kier alpha value is -0.570. The molecular weight excluding hydrogens is 128 g/mol. The number of nitrogens with one attached hydrogen (secondary N) is 1. The third-order valence-corrected chi connectivity index (χ3v) is 1.91. The second-order valence-electron chi connectivity index (χ2n) is 2.77. The Morgan fingerprint density at radius 2 is 2.40 bits per heavy atom. The molecule has 10 heavy (non-hydrogen) atoms. The summed E-state index contributed by atoms with van der Waals surface area (Å²) in [5.74, 6) is 0.189. The topological polar surface area (TPSA) is 32.3 Å². The molecule has 3 heteroatoms. The van der Waals surface area contributed by atoms with Crippen molar-refractivity contribution in [3.05, 3.63) is 0 Å². The molecular formula is C7H14N2O. The van der Waals surface area contributed by atoms with Gasteiger partial charge in [0.1, 0.15) is 0 Å². The van der Waals surface area contributed by atoms with Gasteiger partial charge < -0.3 is 10.2 Å². The van der Waals surface area contributed by atoms with Gasteiger partial charge in [-0.3, -0.25) is 4.79 Å². The molecule has 0 bridgehead atoms. The molecule has 1 amide bonds. The lowest BCUT2D eigenvalue weighted by Gasteiger charge is -2.32. The minimum atomic E-state index is 0.189. The molecule has 0 spiro atoms. The monoisotopic (exact) mass is 142 g/mol. The minimum absolute atomic E-state index is 0.189. The highest BCUT2D eigenvalue weighted by atomic mass is 16.2. The number of nitrogens with zero attached hydrogens (tertiary/aromatic N) is 1. The van der Waals surface area contributed by atoms with Gasteiger partial charge in [0, 0.05) is 32.6 Å². The van der Waals surface area contributed by atoms with E-state index < -0.39 is 0 Å². The number of hydrogen-bond acceptors (Lipinski definition) is 2. The highest BCUT2D eigenvalue weighted by molar-refractivity contribution is 5.73. The van der Waals surface area contributed by atoms with E-state index in [-0.39, 0.29) is 5.91 Å². The zero-order valence-electron chi connectivity index (χ0n) is 6.55. The molecule has 0 aromatic heterocycles. The van der Waals surface area contributed by atoms with E-state index in [0.717, 1.165) is 19.6 Å². The lowest BCUT2D eigenvalue weighted by Crippen LogP contribution is -2.51. The molecule has 1 fully saturated rings. The van der Waals surface area contributed by atoms with Crippen molar-refractivity contribution in [3.8, 4) is 0 Å². The lowest BCUT2D eigenvalue weighted by atomic mass is 10.2. The lowest BCUT2D eigenvalue weighted by molar-refractivity contribution is -0.131.